The molecule has 0 saturated heterocycles. The molecule has 1 amide bonds. The zero-order valence-electron chi connectivity index (χ0n) is 16.3. The van der Waals surface area contributed by atoms with E-state index in [9.17, 15) is 9.59 Å². The van der Waals surface area contributed by atoms with Crippen LogP contribution >= 0.6 is 0 Å². The summed E-state index contributed by atoms with van der Waals surface area (Å²) in [6, 6.07) is 21.8. The average Bonchev–Trinajstić information content (AvgIpc) is 2.74. The van der Waals surface area contributed by atoms with Crippen molar-refractivity contribution >= 4 is 28.9 Å². The maximum Gasteiger partial charge on any atom is 0.339 e. The minimum atomic E-state index is -0.412. The van der Waals surface area contributed by atoms with Gasteiger partial charge < -0.3 is 20.1 Å². The third-order valence-corrected chi connectivity index (χ3v) is 4.17. The number of para-hydroxylation sites is 1. The lowest BCUT2D eigenvalue weighted by molar-refractivity contribution is -0.118. The number of ether oxygens (including phenoxy) is 2. The Kier molecular flexibility index (Phi) is 6.47. The molecule has 0 bridgehead atoms. The lowest BCUT2D eigenvalue weighted by Gasteiger charge is -2.12. The van der Waals surface area contributed by atoms with E-state index in [1.165, 1.54) is 7.11 Å². The Hall–Kier alpha value is -3.80. The van der Waals surface area contributed by atoms with Crippen LogP contribution in [-0.4, -0.2) is 25.6 Å². The maximum absolute atomic E-state index is 12.1. The monoisotopic (exact) mass is 390 g/mol. The second-order valence-corrected chi connectivity index (χ2v) is 6.39. The number of carbonyl (C=O) groups excluding carboxylic acids is 2. The van der Waals surface area contributed by atoms with Gasteiger partial charge in [0.2, 0.25) is 0 Å². The number of methoxy groups -OCH3 is 1. The number of hydrogen-bond donors (Lipinski definition) is 2. The molecule has 3 aromatic rings. The summed E-state index contributed by atoms with van der Waals surface area (Å²) in [5.41, 5.74) is 3.64. The first-order chi connectivity index (χ1) is 14.0. The number of rotatable bonds is 7. The molecule has 2 N–H and O–H groups in total. The molecule has 0 aliphatic carbocycles. The Morgan fingerprint density at radius 3 is 2.21 bits per heavy atom. The molecule has 29 heavy (non-hydrogen) atoms. The van der Waals surface area contributed by atoms with Crippen molar-refractivity contribution in [1.29, 1.82) is 0 Å². The number of amides is 1. The van der Waals surface area contributed by atoms with Crippen LogP contribution in [0.1, 0.15) is 15.9 Å². The van der Waals surface area contributed by atoms with Crippen LogP contribution in [0.4, 0.5) is 17.1 Å². The van der Waals surface area contributed by atoms with Crippen molar-refractivity contribution in [2.75, 3.05) is 24.4 Å². The van der Waals surface area contributed by atoms with Crippen molar-refractivity contribution in [1.82, 2.24) is 0 Å². The van der Waals surface area contributed by atoms with Gasteiger partial charge in [-0.05, 0) is 55.5 Å². The molecule has 0 unspecified atom stereocenters. The van der Waals surface area contributed by atoms with Crippen molar-refractivity contribution in [3.8, 4) is 5.75 Å². The second kappa shape index (κ2) is 9.41. The third kappa shape index (κ3) is 5.59. The fourth-order valence-electron chi connectivity index (χ4n) is 2.65. The highest BCUT2D eigenvalue weighted by atomic mass is 16.5. The van der Waals surface area contributed by atoms with Crippen LogP contribution in [0.3, 0.4) is 0 Å². The molecule has 0 fully saturated rings. The van der Waals surface area contributed by atoms with Crippen molar-refractivity contribution in [3.05, 3.63) is 83.9 Å². The van der Waals surface area contributed by atoms with Gasteiger partial charge in [-0.15, -0.1) is 0 Å². The topological polar surface area (TPSA) is 76.7 Å². The van der Waals surface area contributed by atoms with Crippen LogP contribution < -0.4 is 15.4 Å². The summed E-state index contributed by atoms with van der Waals surface area (Å²) in [7, 11) is 1.35. The summed E-state index contributed by atoms with van der Waals surface area (Å²) in [5, 5.41) is 5.97. The van der Waals surface area contributed by atoms with Crippen LogP contribution in [0.15, 0.2) is 72.8 Å². The number of carbonyl (C=O) groups is 2. The van der Waals surface area contributed by atoms with Gasteiger partial charge in [0.1, 0.15) is 5.75 Å². The Bertz CT molecular complexity index is 983. The molecule has 0 heterocycles. The van der Waals surface area contributed by atoms with Crippen LogP contribution in [0.25, 0.3) is 0 Å². The summed E-state index contributed by atoms with van der Waals surface area (Å²) >= 11 is 0. The van der Waals surface area contributed by atoms with Gasteiger partial charge in [-0.3, -0.25) is 4.79 Å². The van der Waals surface area contributed by atoms with E-state index in [4.69, 9.17) is 9.47 Å². The fourth-order valence-corrected chi connectivity index (χ4v) is 2.65. The number of nitrogens with one attached hydrogen (secondary N) is 2. The SMILES string of the molecule is COC(=O)c1ccccc1Nc1ccc(NC(=O)COc2ccc(C)cc2)cc1. The molecule has 0 aliphatic rings. The number of benzene rings is 3. The normalized spacial score (nSPS) is 10.1. The molecular weight excluding hydrogens is 368 g/mol. The first-order valence-electron chi connectivity index (χ1n) is 9.09. The first-order valence-corrected chi connectivity index (χ1v) is 9.09. The van der Waals surface area contributed by atoms with Crippen molar-refractivity contribution in [3.63, 3.8) is 0 Å². The van der Waals surface area contributed by atoms with Gasteiger partial charge in [0, 0.05) is 11.4 Å². The highest BCUT2D eigenvalue weighted by Gasteiger charge is 2.11. The van der Waals surface area contributed by atoms with Crippen LogP contribution in [0, 0.1) is 6.92 Å². The van der Waals surface area contributed by atoms with E-state index in [0.29, 0.717) is 22.7 Å². The Labute approximate surface area is 169 Å². The summed E-state index contributed by atoms with van der Waals surface area (Å²) in [5.74, 6) is -0.0116. The van der Waals surface area contributed by atoms with Crippen LogP contribution in [0.2, 0.25) is 0 Å². The van der Waals surface area contributed by atoms with E-state index >= 15 is 0 Å². The smallest absolute Gasteiger partial charge is 0.339 e. The van der Waals surface area contributed by atoms with Gasteiger partial charge in [-0.2, -0.15) is 0 Å². The highest BCUT2D eigenvalue weighted by Crippen LogP contribution is 2.23. The maximum atomic E-state index is 12.1. The largest absolute Gasteiger partial charge is 0.484 e. The minimum Gasteiger partial charge on any atom is -0.484 e. The molecule has 148 valence electrons. The van der Waals surface area contributed by atoms with E-state index in [2.05, 4.69) is 10.6 Å². The Morgan fingerprint density at radius 2 is 1.52 bits per heavy atom. The van der Waals surface area contributed by atoms with E-state index in [1.54, 1.807) is 30.3 Å². The summed E-state index contributed by atoms with van der Waals surface area (Å²) in [4.78, 5) is 23.9. The zero-order valence-corrected chi connectivity index (χ0v) is 16.3. The number of esters is 1. The molecule has 0 spiro atoms. The van der Waals surface area contributed by atoms with Crippen LogP contribution in [0.5, 0.6) is 5.75 Å². The molecule has 0 radical (unpaired) electrons. The van der Waals surface area contributed by atoms with Gasteiger partial charge >= 0.3 is 5.97 Å². The van der Waals surface area contributed by atoms with Crippen molar-refractivity contribution in [2.45, 2.75) is 6.92 Å². The second-order valence-electron chi connectivity index (χ2n) is 6.39. The van der Waals surface area contributed by atoms with Crippen molar-refractivity contribution in [2.24, 2.45) is 0 Å². The predicted molar refractivity (Wildman–Crippen MR) is 113 cm³/mol. The molecule has 6 nitrogen and oxygen atoms in total. The molecule has 3 aromatic carbocycles. The molecule has 6 heteroatoms. The Balaban J connectivity index is 1.57. The summed E-state index contributed by atoms with van der Waals surface area (Å²) in [6.45, 7) is 1.92. The quantitative estimate of drug-likeness (QED) is 0.579. The summed E-state index contributed by atoms with van der Waals surface area (Å²) in [6.07, 6.45) is 0. The molecule has 0 atom stereocenters. The van der Waals surface area contributed by atoms with E-state index in [-0.39, 0.29) is 12.5 Å². The average molecular weight is 390 g/mol. The van der Waals surface area contributed by atoms with Gasteiger partial charge in [-0.1, -0.05) is 29.8 Å². The molecule has 0 saturated carbocycles. The van der Waals surface area contributed by atoms with E-state index < -0.39 is 5.97 Å². The fraction of sp³-hybridized carbons (Fsp3) is 0.130. The van der Waals surface area contributed by atoms with E-state index in [0.717, 1.165) is 11.3 Å². The molecule has 0 aromatic heterocycles. The standard InChI is InChI=1S/C23H22N2O4/c1-16-7-13-19(14-8-16)29-15-22(26)25-18-11-9-17(10-12-18)24-21-6-4-3-5-20(21)23(27)28-2/h3-14,24H,15H2,1-2H3,(H,25,26). The van der Waals surface area contributed by atoms with Gasteiger partial charge in [0.05, 0.1) is 18.4 Å². The highest BCUT2D eigenvalue weighted by molar-refractivity contribution is 5.96. The predicted octanol–water partition coefficient (Wildman–Crippen LogP) is 4.54. The lowest BCUT2D eigenvalue weighted by atomic mass is 10.1. The molecule has 3 rings (SSSR count). The molecular formula is C23H22N2O4. The zero-order chi connectivity index (χ0) is 20.6. The number of hydrogen-bond acceptors (Lipinski definition) is 5. The minimum absolute atomic E-state index is 0.0738. The van der Waals surface area contributed by atoms with Gasteiger partial charge in [0.15, 0.2) is 6.61 Å². The number of aryl methyl sites for hydroxylation is 1. The Morgan fingerprint density at radius 1 is 0.862 bits per heavy atom. The van der Waals surface area contributed by atoms with Crippen molar-refractivity contribution < 1.29 is 19.1 Å². The van der Waals surface area contributed by atoms with Gasteiger partial charge in [0.25, 0.3) is 5.91 Å². The third-order valence-electron chi connectivity index (χ3n) is 4.17. The summed E-state index contributed by atoms with van der Waals surface area (Å²) < 4.78 is 10.3. The van der Waals surface area contributed by atoms with Crippen LogP contribution in [-0.2, 0) is 9.53 Å². The van der Waals surface area contributed by atoms with Gasteiger partial charge in [-0.25, -0.2) is 4.79 Å². The lowest BCUT2D eigenvalue weighted by Crippen LogP contribution is -2.20. The number of anilines is 3. The molecule has 0 aliphatic heterocycles. The first kappa shape index (κ1) is 19.9. The van der Waals surface area contributed by atoms with E-state index in [1.807, 2.05) is 49.4 Å².